The van der Waals surface area contributed by atoms with E-state index in [1.807, 2.05) is 0 Å². The van der Waals surface area contributed by atoms with Crippen molar-refractivity contribution < 1.29 is 19.3 Å². The van der Waals surface area contributed by atoms with Gasteiger partial charge in [0.25, 0.3) is 0 Å². The maximum absolute atomic E-state index is 9.48. The van der Waals surface area contributed by atoms with Gasteiger partial charge in [0, 0.05) is 6.61 Å². The van der Waals surface area contributed by atoms with Crippen LogP contribution in [0.1, 0.15) is 19.8 Å². The Balaban J connectivity index is 1.78. The van der Waals surface area contributed by atoms with Crippen molar-refractivity contribution in [3.05, 3.63) is 0 Å². The average Bonchev–Trinajstić information content (AvgIpc) is 2.72. The summed E-state index contributed by atoms with van der Waals surface area (Å²) in [6.45, 7) is 3.82. The van der Waals surface area contributed by atoms with Crippen molar-refractivity contribution in [2.75, 3.05) is 19.8 Å². The van der Waals surface area contributed by atoms with Crippen molar-refractivity contribution >= 4 is 0 Å². The van der Waals surface area contributed by atoms with Crippen molar-refractivity contribution in [1.29, 1.82) is 0 Å². The van der Waals surface area contributed by atoms with E-state index < -0.39 is 6.10 Å². The summed E-state index contributed by atoms with van der Waals surface area (Å²) in [5, 5.41) is 9.48. The molecule has 4 nitrogen and oxygen atoms in total. The Morgan fingerprint density at radius 1 is 1.29 bits per heavy atom. The van der Waals surface area contributed by atoms with E-state index in [0.717, 1.165) is 19.4 Å². The molecule has 2 unspecified atom stereocenters. The number of fused-ring (bicyclic) bond motifs is 1. The number of unbranched alkanes of at least 4 members (excludes halogenated alkanes) is 1. The molecular weight excluding hydrogens is 184 g/mol. The zero-order valence-electron chi connectivity index (χ0n) is 8.52. The first-order chi connectivity index (χ1) is 6.83. The smallest absolute Gasteiger partial charge is 0.115 e. The third-order valence-corrected chi connectivity index (χ3v) is 2.81. The van der Waals surface area contributed by atoms with Crippen LogP contribution in [0.2, 0.25) is 0 Å². The lowest BCUT2D eigenvalue weighted by Crippen LogP contribution is -2.33. The summed E-state index contributed by atoms with van der Waals surface area (Å²) in [5.74, 6) is 0. The topological polar surface area (TPSA) is 47.9 Å². The Morgan fingerprint density at radius 2 is 2.07 bits per heavy atom. The zero-order valence-corrected chi connectivity index (χ0v) is 8.52. The van der Waals surface area contributed by atoms with Crippen molar-refractivity contribution in [2.45, 2.75) is 44.2 Å². The molecule has 0 aliphatic carbocycles. The van der Waals surface area contributed by atoms with Crippen molar-refractivity contribution in [3.8, 4) is 0 Å². The zero-order chi connectivity index (χ0) is 9.97. The van der Waals surface area contributed by atoms with Crippen LogP contribution in [0.5, 0.6) is 0 Å². The molecule has 0 aromatic heterocycles. The van der Waals surface area contributed by atoms with Gasteiger partial charge in [-0.25, -0.2) is 0 Å². The Bertz CT molecular complexity index is 185. The predicted octanol–water partition coefficient (Wildman–Crippen LogP) is 0.330. The highest BCUT2D eigenvalue weighted by Crippen LogP contribution is 2.28. The lowest BCUT2D eigenvalue weighted by molar-refractivity contribution is -0.0375. The standard InChI is InChI=1S/C10H18O4/c1-2-3-4-12-8-6-14-9-7(11)5-13-10(8)9/h7-11H,2-6H2,1H3/t7-,8+,9?,10?/m0/s1. The molecule has 0 bridgehead atoms. The van der Waals surface area contributed by atoms with Gasteiger partial charge in [-0.15, -0.1) is 0 Å². The van der Waals surface area contributed by atoms with E-state index in [4.69, 9.17) is 14.2 Å². The fourth-order valence-electron chi connectivity index (χ4n) is 1.97. The molecule has 2 heterocycles. The lowest BCUT2D eigenvalue weighted by Gasteiger charge is -2.16. The van der Waals surface area contributed by atoms with E-state index >= 15 is 0 Å². The normalized spacial score (nSPS) is 41.6. The van der Waals surface area contributed by atoms with Gasteiger partial charge in [0.15, 0.2) is 0 Å². The third kappa shape index (κ3) is 1.93. The van der Waals surface area contributed by atoms with Gasteiger partial charge in [-0.1, -0.05) is 13.3 Å². The molecule has 82 valence electrons. The summed E-state index contributed by atoms with van der Waals surface area (Å²) >= 11 is 0. The molecule has 14 heavy (non-hydrogen) atoms. The lowest BCUT2D eigenvalue weighted by atomic mass is 10.1. The van der Waals surface area contributed by atoms with Crippen LogP contribution >= 0.6 is 0 Å². The molecule has 0 spiro atoms. The van der Waals surface area contributed by atoms with Gasteiger partial charge in [0.1, 0.15) is 24.4 Å². The van der Waals surface area contributed by atoms with Gasteiger partial charge in [-0.3, -0.25) is 0 Å². The third-order valence-electron chi connectivity index (χ3n) is 2.81. The summed E-state index contributed by atoms with van der Waals surface area (Å²) in [5.41, 5.74) is 0. The number of ether oxygens (including phenoxy) is 3. The highest BCUT2D eigenvalue weighted by atomic mass is 16.6. The van der Waals surface area contributed by atoms with E-state index in [1.165, 1.54) is 0 Å². The van der Waals surface area contributed by atoms with Crippen LogP contribution in [0.3, 0.4) is 0 Å². The summed E-state index contributed by atoms with van der Waals surface area (Å²) in [4.78, 5) is 0. The molecule has 0 aromatic carbocycles. The molecule has 1 N–H and O–H groups in total. The molecular formula is C10H18O4. The molecule has 0 amide bonds. The summed E-state index contributed by atoms with van der Waals surface area (Å²) in [6.07, 6.45) is 1.52. The number of hydrogen-bond acceptors (Lipinski definition) is 4. The maximum atomic E-state index is 9.48. The minimum atomic E-state index is -0.472. The van der Waals surface area contributed by atoms with E-state index in [-0.39, 0.29) is 18.3 Å². The number of aliphatic hydroxyl groups is 1. The second-order valence-corrected chi connectivity index (χ2v) is 3.93. The quantitative estimate of drug-likeness (QED) is 0.667. The van der Waals surface area contributed by atoms with Crippen LogP contribution in [-0.4, -0.2) is 49.3 Å². The van der Waals surface area contributed by atoms with Crippen LogP contribution in [0.25, 0.3) is 0 Å². The van der Waals surface area contributed by atoms with Crippen LogP contribution in [0.4, 0.5) is 0 Å². The molecule has 2 rings (SSSR count). The van der Waals surface area contributed by atoms with Crippen LogP contribution in [0.15, 0.2) is 0 Å². The summed E-state index contributed by atoms with van der Waals surface area (Å²) in [7, 11) is 0. The van der Waals surface area contributed by atoms with Gasteiger partial charge in [-0.05, 0) is 6.42 Å². The minimum Gasteiger partial charge on any atom is -0.388 e. The molecule has 4 heteroatoms. The second kappa shape index (κ2) is 4.57. The van der Waals surface area contributed by atoms with E-state index in [9.17, 15) is 5.11 Å². The fourth-order valence-corrected chi connectivity index (χ4v) is 1.97. The minimum absolute atomic E-state index is 0.0173. The van der Waals surface area contributed by atoms with Crippen LogP contribution in [-0.2, 0) is 14.2 Å². The van der Waals surface area contributed by atoms with Crippen molar-refractivity contribution in [1.82, 2.24) is 0 Å². The average molecular weight is 202 g/mol. The van der Waals surface area contributed by atoms with Gasteiger partial charge >= 0.3 is 0 Å². The molecule has 2 aliphatic rings. The van der Waals surface area contributed by atoms with Gasteiger partial charge in [0.2, 0.25) is 0 Å². The number of hydrogen-bond donors (Lipinski definition) is 1. The van der Waals surface area contributed by atoms with E-state index in [2.05, 4.69) is 6.92 Å². The maximum Gasteiger partial charge on any atom is 0.115 e. The first-order valence-electron chi connectivity index (χ1n) is 5.35. The molecule has 0 saturated carbocycles. The SMILES string of the molecule is CCCCO[C@@H]1COC2C1OC[C@@H]2O. The molecule has 2 fully saturated rings. The fraction of sp³-hybridized carbons (Fsp3) is 1.00. The molecule has 0 radical (unpaired) electrons. The summed E-state index contributed by atoms with van der Waals surface area (Å²) < 4.78 is 16.5. The molecule has 2 aliphatic heterocycles. The molecule has 0 aromatic rings. The van der Waals surface area contributed by atoms with E-state index in [1.54, 1.807) is 0 Å². The Labute approximate surface area is 84.1 Å². The number of aliphatic hydroxyl groups excluding tert-OH is 1. The monoisotopic (exact) mass is 202 g/mol. The van der Waals surface area contributed by atoms with Gasteiger partial charge < -0.3 is 19.3 Å². The summed E-state index contributed by atoms with van der Waals surface area (Å²) in [6, 6.07) is 0. The first-order valence-corrected chi connectivity index (χ1v) is 5.35. The highest BCUT2D eigenvalue weighted by Gasteiger charge is 2.47. The molecule has 4 atom stereocenters. The Kier molecular flexibility index (Phi) is 3.38. The highest BCUT2D eigenvalue weighted by molar-refractivity contribution is 4.94. The van der Waals surface area contributed by atoms with Crippen molar-refractivity contribution in [2.24, 2.45) is 0 Å². The largest absolute Gasteiger partial charge is 0.388 e. The predicted molar refractivity (Wildman–Crippen MR) is 50.1 cm³/mol. The van der Waals surface area contributed by atoms with Gasteiger partial charge in [0.05, 0.1) is 13.2 Å². The van der Waals surface area contributed by atoms with Crippen LogP contribution < -0.4 is 0 Å². The van der Waals surface area contributed by atoms with Gasteiger partial charge in [-0.2, -0.15) is 0 Å². The Hall–Kier alpha value is -0.160. The Morgan fingerprint density at radius 3 is 2.86 bits per heavy atom. The first kappa shape index (κ1) is 10.4. The molecule has 2 saturated heterocycles. The second-order valence-electron chi connectivity index (χ2n) is 3.93. The number of rotatable bonds is 4. The van der Waals surface area contributed by atoms with E-state index in [0.29, 0.717) is 13.2 Å². The van der Waals surface area contributed by atoms with Crippen LogP contribution in [0, 0.1) is 0 Å². The van der Waals surface area contributed by atoms with Crippen molar-refractivity contribution in [3.63, 3.8) is 0 Å².